The zero-order chi connectivity index (χ0) is 11.0. The van der Waals surface area contributed by atoms with Gasteiger partial charge >= 0.3 is 12.0 Å². The number of carboxylic acid groups (broad SMARTS) is 1. The van der Waals surface area contributed by atoms with E-state index in [1.165, 1.54) is 0 Å². The Balaban J connectivity index is 3.53. The summed E-state index contributed by atoms with van der Waals surface area (Å²) in [5.41, 5.74) is 0. The van der Waals surface area contributed by atoms with E-state index in [0.717, 1.165) is 0 Å². The van der Waals surface area contributed by atoms with E-state index < -0.39 is 18.1 Å². The number of hydrogen-bond donors (Lipinski definition) is 4. The van der Waals surface area contributed by atoms with Crippen LogP contribution < -0.4 is 10.6 Å². The number of aliphatic carboxylic acids is 1. The van der Waals surface area contributed by atoms with Crippen molar-refractivity contribution in [2.75, 3.05) is 13.1 Å². The van der Waals surface area contributed by atoms with Crippen molar-refractivity contribution in [3.05, 3.63) is 12.7 Å². The summed E-state index contributed by atoms with van der Waals surface area (Å²) in [5.74, 6) is -1.36. The predicted octanol–water partition coefficient (Wildman–Crippen LogP) is -0.693. The molecule has 4 N–H and O–H groups in total. The number of aliphatic hydroxyl groups is 1. The van der Waals surface area contributed by atoms with Gasteiger partial charge in [-0.25, -0.2) is 9.59 Å². The second kappa shape index (κ2) is 6.90. The van der Waals surface area contributed by atoms with Crippen molar-refractivity contribution in [2.24, 2.45) is 0 Å². The Kier molecular flexibility index (Phi) is 6.13. The number of amides is 2. The number of urea groups is 1. The molecule has 0 fully saturated rings. The molecule has 80 valence electrons. The molecule has 0 aliphatic rings. The summed E-state index contributed by atoms with van der Waals surface area (Å²) in [5, 5.41) is 21.7. The molecule has 0 saturated carbocycles. The van der Waals surface area contributed by atoms with Crippen molar-refractivity contribution < 1.29 is 19.8 Å². The molecule has 14 heavy (non-hydrogen) atoms. The highest BCUT2D eigenvalue weighted by atomic mass is 16.4. The maximum absolute atomic E-state index is 10.9. The fraction of sp³-hybridized carbons (Fsp3) is 0.500. The standard InChI is InChI=1S/C8H14N2O4/c1-2-3-4-9-8(14)10-5-6(11)7(12)13/h2,6,11H,1,3-5H2,(H,12,13)(H2,9,10,14). The zero-order valence-electron chi connectivity index (χ0n) is 7.69. The Hall–Kier alpha value is -1.56. The van der Waals surface area contributed by atoms with Gasteiger partial charge in [-0.2, -0.15) is 0 Å². The monoisotopic (exact) mass is 202 g/mol. The molecular formula is C8H14N2O4. The van der Waals surface area contributed by atoms with Gasteiger partial charge in [0.25, 0.3) is 0 Å². The van der Waals surface area contributed by atoms with Gasteiger partial charge < -0.3 is 20.8 Å². The summed E-state index contributed by atoms with van der Waals surface area (Å²) in [6.45, 7) is 3.58. The van der Waals surface area contributed by atoms with Gasteiger partial charge in [-0.05, 0) is 6.42 Å². The average Bonchev–Trinajstić information content (AvgIpc) is 2.14. The lowest BCUT2D eigenvalue weighted by atomic mass is 10.3. The molecule has 0 bridgehead atoms. The first-order valence-corrected chi connectivity index (χ1v) is 4.11. The largest absolute Gasteiger partial charge is 0.479 e. The van der Waals surface area contributed by atoms with Gasteiger partial charge in [0.2, 0.25) is 0 Å². The summed E-state index contributed by atoms with van der Waals surface area (Å²) in [4.78, 5) is 21.0. The van der Waals surface area contributed by atoms with Crippen LogP contribution in [0.1, 0.15) is 6.42 Å². The molecule has 6 heteroatoms. The number of carbonyl (C=O) groups excluding carboxylic acids is 1. The lowest BCUT2D eigenvalue weighted by Gasteiger charge is -2.08. The fourth-order valence-corrected chi connectivity index (χ4v) is 0.627. The van der Waals surface area contributed by atoms with Gasteiger partial charge in [-0.1, -0.05) is 6.08 Å². The van der Waals surface area contributed by atoms with Crippen molar-refractivity contribution in [3.63, 3.8) is 0 Å². The van der Waals surface area contributed by atoms with Gasteiger partial charge in [0, 0.05) is 6.54 Å². The van der Waals surface area contributed by atoms with E-state index in [1.54, 1.807) is 6.08 Å². The summed E-state index contributed by atoms with van der Waals surface area (Å²) in [6, 6.07) is -0.507. The Morgan fingerprint density at radius 3 is 2.57 bits per heavy atom. The number of nitrogens with one attached hydrogen (secondary N) is 2. The smallest absolute Gasteiger partial charge is 0.334 e. The summed E-state index contributed by atoms with van der Waals surface area (Å²) in [7, 11) is 0. The number of aliphatic hydroxyl groups excluding tert-OH is 1. The first-order chi connectivity index (χ1) is 6.57. The molecule has 1 unspecified atom stereocenters. The normalized spacial score (nSPS) is 11.5. The maximum atomic E-state index is 10.9. The second-order valence-corrected chi connectivity index (χ2v) is 2.57. The maximum Gasteiger partial charge on any atom is 0.334 e. The molecule has 6 nitrogen and oxygen atoms in total. The quantitative estimate of drug-likeness (QED) is 0.338. The predicted molar refractivity (Wildman–Crippen MR) is 49.9 cm³/mol. The molecule has 0 aromatic heterocycles. The Labute approximate surface area is 81.6 Å². The Morgan fingerprint density at radius 1 is 1.43 bits per heavy atom. The van der Waals surface area contributed by atoms with Crippen molar-refractivity contribution in [2.45, 2.75) is 12.5 Å². The number of carboxylic acids is 1. The lowest BCUT2D eigenvalue weighted by molar-refractivity contribution is -0.146. The third kappa shape index (κ3) is 6.01. The highest BCUT2D eigenvalue weighted by Crippen LogP contribution is 1.80. The third-order valence-electron chi connectivity index (χ3n) is 1.38. The van der Waals surface area contributed by atoms with Gasteiger partial charge in [-0.15, -0.1) is 6.58 Å². The van der Waals surface area contributed by atoms with Crippen molar-refractivity contribution >= 4 is 12.0 Å². The van der Waals surface area contributed by atoms with Crippen LogP contribution in [0.2, 0.25) is 0 Å². The molecule has 0 radical (unpaired) electrons. The minimum Gasteiger partial charge on any atom is -0.479 e. The average molecular weight is 202 g/mol. The van der Waals surface area contributed by atoms with Gasteiger partial charge in [0.15, 0.2) is 6.10 Å². The summed E-state index contributed by atoms with van der Waals surface area (Å²) >= 11 is 0. The topological polar surface area (TPSA) is 98.7 Å². The van der Waals surface area contributed by atoms with Crippen molar-refractivity contribution in [1.29, 1.82) is 0 Å². The number of rotatable bonds is 6. The van der Waals surface area contributed by atoms with E-state index in [2.05, 4.69) is 17.2 Å². The highest BCUT2D eigenvalue weighted by Gasteiger charge is 2.13. The van der Waals surface area contributed by atoms with Crippen LogP contribution in [0.4, 0.5) is 4.79 Å². The Bertz CT molecular complexity index is 217. The molecule has 0 aliphatic carbocycles. The van der Waals surface area contributed by atoms with Crippen LogP contribution in [0.5, 0.6) is 0 Å². The zero-order valence-corrected chi connectivity index (χ0v) is 7.69. The molecular weight excluding hydrogens is 188 g/mol. The lowest BCUT2D eigenvalue weighted by Crippen LogP contribution is -2.42. The van der Waals surface area contributed by atoms with Gasteiger partial charge in [0.1, 0.15) is 0 Å². The van der Waals surface area contributed by atoms with Gasteiger partial charge in [-0.3, -0.25) is 0 Å². The molecule has 0 heterocycles. The van der Waals surface area contributed by atoms with E-state index in [0.29, 0.717) is 13.0 Å². The van der Waals surface area contributed by atoms with Crippen LogP contribution >= 0.6 is 0 Å². The first kappa shape index (κ1) is 12.4. The minimum absolute atomic E-state index is 0.310. The molecule has 1 atom stereocenters. The van der Waals surface area contributed by atoms with Crippen LogP contribution in [0, 0.1) is 0 Å². The molecule has 0 aromatic carbocycles. The second-order valence-electron chi connectivity index (χ2n) is 2.57. The first-order valence-electron chi connectivity index (χ1n) is 4.11. The van der Waals surface area contributed by atoms with Crippen molar-refractivity contribution in [3.8, 4) is 0 Å². The number of hydrogen-bond acceptors (Lipinski definition) is 3. The fourth-order valence-electron chi connectivity index (χ4n) is 0.627. The SMILES string of the molecule is C=CCCNC(=O)NCC(O)C(=O)O. The molecule has 0 aromatic rings. The van der Waals surface area contributed by atoms with E-state index in [9.17, 15) is 9.59 Å². The molecule has 0 rings (SSSR count). The van der Waals surface area contributed by atoms with E-state index in [1.807, 2.05) is 0 Å². The molecule has 2 amide bonds. The van der Waals surface area contributed by atoms with Crippen LogP contribution in [0.25, 0.3) is 0 Å². The molecule has 0 aliphatic heterocycles. The molecule has 0 saturated heterocycles. The van der Waals surface area contributed by atoms with E-state index in [-0.39, 0.29) is 6.54 Å². The van der Waals surface area contributed by atoms with Gasteiger partial charge in [0.05, 0.1) is 6.54 Å². The minimum atomic E-state index is -1.57. The Morgan fingerprint density at radius 2 is 2.07 bits per heavy atom. The number of carbonyl (C=O) groups is 2. The van der Waals surface area contributed by atoms with Crippen molar-refractivity contribution in [1.82, 2.24) is 10.6 Å². The third-order valence-corrected chi connectivity index (χ3v) is 1.38. The highest BCUT2D eigenvalue weighted by molar-refractivity contribution is 5.76. The van der Waals surface area contributed by atoms with Crippen LogP contribution in [-0.2, 0) is 4.79 Å². The van der Waals surface area contributed by atoms with E-state index >= 15 is 0 Å². The molecule has 0 spiro atoms. The van der Waals surface area contributed by atoms with Crippen LogP contribution in [0.3, 0.4) is 0 Å². The van der Waals surface area contributed by atoms with E-state index in [4.69, 9.17) is 10.2 Å². The summed E-state index contributed by atoms with van der Waals surface area (Å²) < 4.78 is 0. The van der Waals surface area contributed by atoms with Crippen LogP contribution in [0.15, 0.2) is 12.7 Å². The van der Waals surface area contributed by atoms with Crippen LogP contribution in [-0.4, -0.2) is 41.4 Å². The summed E-state index contributed by atoms with van der Waals surface area (Å²) in [6.07, 6.45) is 0.710.